The molecule has 0 spiro atoms. The highest BCUT2D eigenvalue weighted by Crippen LogP contribution is 2.28. The number of hydrogen-bond donors (Lipinski definition) is 2. The molecule has 0 aliphatic heterocycles. The fourth-order valence-electron chi connectivity index (χ4n) is 3.05. The van der Waals surface area contributed by atoms with Crippen LogP contribution in [0.4, 0.5) is 11.5 Å². The Balaban J connectivity index is 1.77. The normalized spacial score (nSPS) is 12.1. The molecule has 1 aromatic heterocycles. The molecule has 1 heterocycles. The van der Waals surface area contributed by atoms with E-state index in [1.807, 2.05) is 0 Å². The minimum absolute atomic E-state index is 0.0480. The van der Waals surface area contributed by atoms with Gasteiger partial charge in [-0.15, -0.1) is 0 Å². The summed E-state index contributed by atoms with van der Waals surface area (Å²) in [7, 11) is -5.16. The zero-order chi connectivity index (χ0) is 25.9. The Kier molecular flexibility index (Phi) is 7.56. The number of hydrogen-bond acceptors (Lipinski definition) is 8. The third kappa shape index (κ3) is 6.20. The summed E-state index contributed by atoms with van der Waals surface area (Å²) in [5, 5.41) is 0. The van der Waals surface area contributed by atoms with Crippen LogP contribution >= 0.6 is 0 Å². The molecule has 0 amide bonds. The number of sulfonamides is 2. The van der Waals surface area contributed by atoms with Crippen LogP contribution in [0.5, 0.6) is 11.9 Å². The summed E-state index contributed by atoms with van der Waals surface area (Å²) >= 11 is 0. The Labute approximate surface area is 205 Å². The predicted octanol–water partition coefficient (Wildman–Crippen LogP) is 3.78. The van der Waals surface area contributed by atoms with Crippen molar-refractivity contribution in [1.29, 1.82) is 0 Å². The molecular formula is C23H28N4O6S2. The molecule has 0 radical (unpaired) electrons. The average molecular weight is 521 g/mol. The van der Waals surface area contributed by atoms with E-state index >= 15 is 0 Å². The van der Waals surface area contributed by atoms with E-state index in [2.05, 4.69) is 40.2 Å². The standard InChI is InChI=1S/C23H28N4O6S2/c1-6-23(2,3)16-7-11-18(12-8-16)34(28,29)26-17-9-13-19(14-10-17)35(30,31)27-20-15-21(32-4)25-22(24-20)33-5/h7-15,26H,6H2,1-5H3,(H,24,25,27). The quantitative estimate of drug-likeness (QED) is 0.412. The molecule has 3 rings (SSSR count). The monoisotopic (exact) mass is 520 g/mol. The second kappa shape index (κ2) is 10.1. The molecule has 0 fully saturated rings. The molecule has 3 aromatic rings. The highest BCUT2D eigenvalue weighted by atomic mass is 32.2. The zero-order valence-electron chi connectivity index (χ0n) is 20.1. The van der Waals surface area contributed by atoms with E-state index in [9.17, 15) is 16.8 Å². The number of benzene rings is 2. The van der Waals surface area contributed by atoms with Crippen molar-refractivity contribution in [1.82, 2.24) is 9.97 Å². The topological polar surface area (TPSA) is 137 Å². The fraction of sp³-hybridized carbons (Fsp3) is 0.304. The third-order valence-electron chi connectivity index (χ3n) is 5.56. The van der Waals surface area contributed by atoms with Crippen molar-refractivity contribution < 1.29 is 26.3 Å². The van der Waals surface area contributed by atoms with E-state index in [1.165, 1.54) is 44.6 Å². The van der Waals surface area contributed by atoms with Crippen molar-refractivity contribution in [3.8, 4) is 11.9 Å². The first kappa shape index (κ1) is 26.2. The molecular weight excluding hydrogens is 492 g/mol. The Bertz CT molecular complexity index is 1370. The molecule has 0 saturated carbocycles. The van der Waals surface area contributed by atoms with Gasteiger partial charge in [-0.05, 0) is 53.8 Å². The highest BCUT2D eigenvalue weighted by molar-refractivity contribution is 7.93. The highest BCUT2D eigenvalue weighted by Gasteiger charge is 2.21. The van der Waals surface area contributed by atoms with E-state index in [0.717, 1.165) is 12.0 Å². The van der Waals surface area contributed by atoms with Crippen molar-refractivity contribution >= 4 is 31.6 Å². The van der Waals surface area contributed by atoms with Crippen LogP contribution in [-0.4, -0.2) is 41.0 Å². The van der Waals surface area contributed by atoms with E-state index in [0.29, 0.717) is 0 Å². The molecule has 188 valence electrons. The molecule has 12 heteroatoms. The molecule has 0 aliphatic rings. The Morgan fingerprint density at radius 1 is 0.800 bits per heavy atom. The average Bonchev–Trinajstić information content (AvgIpc) is 2.83. The Morgan fingerprint density at radius 3 is 1.86 bits per heavy atom. The van der Waals surface area contributed by atoms with E-state index in [4.69, 9.17) is 9.47 Å². The molecule has 35 heavy (non-hydrogen) atoms. The largest absolute Gasteiger partial charge is 0.481 e. The zero-order valence-corrected chi connectivity index (χ0v) is 21.7. The van der Waals surface area contributed by atoms with Gasteiger partial charge in [-0.3, -0.25) is 9.44 Å². The third-order valence-corrected chi connectivity index (χ3v) is 8.33. The van der Waals surface area contributed by atoms with Crippen LogP contribution in [0.2, 0.25) is 0 Å². The van der Waals surface area contributed by atoms with Gasteiger partial charge in [0.1, 0.15) is 0 Å². The van der Waals surface area contributed by atoms with Crippen LogP contribution in [0.15, 0.2) is 64.4 Å². The molecule has 2 N–H and O–H groups in total. The smallest absolute Gasteiger partial charge is 0.321 e. The van der Waals surface area contributed by atoms with Crippen molar-refractivity contribution in [3.63, 3.8) is 0 Å². The number of aromatic nitrogens is 2. The van der Waals surface area contributed by atoms with Crippen LogP contribution in [-0.2, 0) is 25.5 Å². The van der Waals surface area contributed by atoms with Crippen molar-refractivity contribution in [2.45, 2.75) is 42.4 Å². The van der Waals surface area contributed by atoms with Gasteiger partial charge >= 0.3 is 6.01 Å². The number of nitrogens with zero attached hydrogens (tertiary/aromatic N) is 2. The van der Waals surface area contributed by atoms with Gasteiger partial charge in [0.15, 0.2) is 5.82 Å². The minimum Gasteiger partial charge on any atom is -0.481 e. The van der Waals surface area contributed by atoms with Gasteiger partial charge in [-0.25, -0.2) is 16.8 Å². The summed E-state index contributed by atoms with van der Waals surface area (Å²) in [6.45, 7) is 6.26. The van der Waals surface area contributed by atoms with E-state index in [-0.39, 0.29) is 38.6 Å². The van der Waals surface area contributed by atoms with E-state index < -0.39 is 20.0 Å². The molecule has 2 aromatic carbocycles. The molecule has 0 atom stereocenters. The van der Waals surface area contributed by atoms with Crippen LogP contribution < -0.4 is 18.9 Å². The van der Waals surface area contributed by atoms with Gasteiger partial charge in [-0.1, -0.05) is 32.9 Å². The van der Waals surface area contributed by atoms with Gasteiger partial charge in [-0.2, -0.15) is 9.97 Å². The second-order valence-corrected chi connectivity index (χ2v) is 11.6. The summed E-state index contributed by atoms with van der Waals surface area (Å²) < 4.78 is 65.9. The Morgan fingerprint density at radius 2 is 1.34 bits per heavy atom. The molecule has 0 bridgehead atoms. The minimum atomic E-state index is -4.03. The molecule has 10 nitrogen and oxygen atoms in total. The first-order valence-corrected chi connectivity index (χ1v) is 13.6. The summed E-state index contributed by atoms with van der Waals surface area (Å²) in [6.07, 6.45) is 0.916. The van der Waals surface area contributed by atoms with Gasteiger partial charge in [0.25, 0.3) is 20.0 Å². The van der Waals surface area contributed by atoms with Crippen LogP contribution in [0, 0.1) is 0 Å². The van der Waals surface area contributed by atoms with Gasteiger partial charge in [0, 0.05) is 11.8 Å². The molecule has 0 unspecified atom stereocenters. The van der Waals surface area contributed by atoms with Crippen molar-refractivity contribution in [2.75, 3.05) is 23.7 Å². The van der Waals surface area contributed by atoms with Crippen molar-refractivity contribution in [2.24, 2.45) is 0 Å². The summed E-state index contributed by atoms with van der Waals surface area (Å²) in [5.74, 6) is 0.0683. The predicted molar refractivity (Wildman–Crippen MR) is 133 cm³/mol. The second-order valence-electron chi connectivity index (χ2n) is 8.28. The maximum absolute atomic E-state index is 12.8. The first-order valence-electron chi connectivity index (χ1n) is 10.6. The number of ether oxygens (including phenoxy) is 2. The number of nitrogens with one attached hydrogen (secondary N) is 2. The number of methoxy groups -OCH3 is 2. The van der Waals surface area contributed by atoms with Gasteiger partial charge < -0.3 is 9.47 Å². The Hall–Kier alpha value is -3.38. The van der Waals surface area contributed by atoms with Crippen molar-refractivity contribution in [3.05, 3.63) is 60.2 Å². The van der Waals surface area contributed by atoms with Gasteiger partial charge in [0.05, 0.1) is 24.0 Å². The van der Waals surface area contributed by atoms with Crippen LogP contribution in [0.25, 0.3) is 0 Å². The van der Waals surface area contributed by atoms with Crippen LogP contribution in [0.3, 0.4) is 0 Å². The lowest BCUT2D eigenvalue weighted by atomic mass is 9.82. The summed E-state index contributed by atoms with van der Waals surface area (Å²) in [5.41, 5.74) is 1.19. The number of anilines is 2. The van der Waals surface area contributed by atoms with Crippen LogP contribution in [0.1, 0.15) is 32.8 Å². The van der Waals surface area contributed by atoms with E-state index in [1.54, 1.807) is 24.3 Å². The lowest BCUT2D eigenvalue weighted by Crippen LogP contribution is -2.17. The number of rotatable bonds is 10. The lowest BCUT2D eigenvalue weighted by molar-refractivity contribution is 0.353. The lowest BCUT2D eigenvalue weighted by Gasteiger charge is -2.23. The fourth-order valence-corrected chi connectivity index (χ4v) is 5.10. The van der Waals surface area contributed by atoms with Gasteiger partial charge in [0.2, 0.25) is 5.88 Å². The SMILES string of the molecule is CCC(C)(C)c1ccc(S(=O)(=O)Nc2ccc(S(=O)(=O)Nc3cc(OC)nc(OC)n3)cc2)cc1. The molecule has 0 saturated heterocycles. The summed E-state index contributed by atoms with van der Waals surface area (Å²) in [6, 6.07) is 13.2. The maximum Gasteiger partial charge on any atom is 0.321 e. The first-order chi connectivity index (χ1) is 16.4. The maximum atomic E-state index is 12.8. The molecule has 0 aliphatic carbocycles. The summed E-state index contributed by atoms with van der Waals surface area (Å²) in [4.78, 5) is 7.87.